The number of H-pyrrole nitrogens is 1. The summed E-state index contributed by atoms with van der Waals surface area (Å²) in [6.07, 6.45) is 5.52. The van der Waals surface area contributed by atoms with Crippen molar-refractivity contribution in [3.63, 3.8) is 0 Å². The van der Waals surface area contributed by atoms with Crippen LogP contribution in [-0.2, 0) is 0 Å². The van der Waals surface area contributed by atoms with Crippen molar-refractivity contribution in [3.8, 4) is 11.4 Å². The van der Waals surface area contributed by atoms with Crippen molar-refractivity contribution in [1.29, 1.82) is 0 Å². The van der Waals surface area contributed by atoms with Gasteiger partial charge in [0.25, 0.3) is 0 Å². The van der Waals surface area contributed by atoms with E-state index in [9.17, 15) is 0 Å². The van der Waals surface area contributed by atoms with Crippen molar-refractivity contribution >= 4 is 16.3 Å². The first kappa shape index (κ1) is 7.75. The highest BCUT2D eigenvalue weighted by molar-refractivity contribution is 7.15. The van der Waals surface area contributed by atoms with Crippen LogP contribution < -0.4 is 0 Å². The molecule has 0 radical (unpaired) electrons. The molecule has 14 heavy (non-hydrogen) atoms. The molecular weight excluding hydrogens is 196 g/mol. The molecule has 0 aliphatic rings. The standard InChI is InChI=1S/C9H8N4S/c1-6-8(7-4-10-5-11-7)13-2-3-14-9(13)12-6/h2-5H,1H3,(H,10,11). The third-order valence-electron chi connectivity index (χ3n) is 2.19. The Morgan fingerprint density at radius 3 is 3.21 bits per heavy atom. The lowest BCUT2D eigenvalue weighted by atomic mass is 10.3. The predicted octanol–water partition coefficient (Wildman–Crippen LogP) is 2.09. The number of rotatable bonds is 1. The molecule has 0 saturated carbocycles. The first-order valence-electron chi connectivity index (χ1n) is 4.27. The van der Waals surface area contributed by atoms with Gasteiger partial charge in [0.05, 0.1) is 29.6 Å². The summed E-state index contributed by atoms with van der Waals surface area (Å²) in [7, 11) is 0. The van der Waals surface area contributed by atoms with Crippen LogP contribution in [0, 0.1) is 6.92 Å². The number of hydrogen-bond acceptors (Lipinski definition) is 3. The minimum atomic E-state index is 1.01. The molecule has 5 heteroatoms. The minimum absolute atomic E-state index is 1.01. The zero-order chi connectivity index (χ0) is 9.54. The van der Waals surface area contributed by atoms with Crippen molar-refractivity contribution < 1.29 is 0 Å². The van der Waals surface area contributed by atoms with Crippen LogP contribution in [0.4, 0.5) is 0 Å². The molecule has 0 spiro atoms. The van der Waals surface area contributed by atoms with E-state index < -0.39 is 0 Å². The Morgan fingerprint density at radius 1 is 1.50 bits per heavy atom. The maximum atomic E-state index is 4.46. The molecule has 70 valence electrons. The van der Waals surface area contributed by atoms with Crippen molar-refractivity contribution in [2.75, 3.05) is 0 Å². The number of nitrogens with one attached hydrogen (secondary N) is 1. The lowest BCUT2D eigenvalue weighted by Gasteiger charge is -1.95. The van der Waals surface area contributed by atoms with E-state index in [0.29, 0.717) is 0 Å². The Kier molecular flexibility index (Phi) is 1.49. The van der Waals surface area contributed by atoms with Crippen LogP contribution in [0.3, 0.4) is 0 Å². The molecule has 3 aromatic heterocycles. The quantitative estimate of drug-likeness (QED) is 0.659. The third-order valence-corrected chi connectivity index (χ3v) is 2.95. The summed E-state index contributed by atoms with van der Waals surface area (Å²) < 4.78 is 2.08. The number of hydrogen-bond donors (Lipinski definition) is 1. The van der Waals surface area contributed by atoms with Crippen molar-refractivity contribution in [3.05, 3.63) is 29.8 Å². The van der Waals surface area contributed by atoms with E-state index >= 15 is 0 Å². The van der Waals surface area contributed by atoms with E-state index in [-0.39, 0.29) is 0 Å². The molecule has 0 atom stereocenters. The maximum absolute atomic E-state index is 4.46. The number of thiazole rings is 1. The van der Waals surface area contributed by atoms with Crippen molar-refractivity contribution in [2.24, 2.45) is 0 Å². The molecule has 0 amide bonds. The van der Waals surface area contributed by atoms with Crippen LogP contribution in [0.1, 0.15) is 5.69 Å². The summed E-state index contributed by atoms with van der Waals surface area (Å²) >= 11 is 1.64. The van der Waals surface area contributed by atoms with E-state index in [4.69, 9.17) is 0 Å². The summed E-state index contributed by atoms with van der Waals surface area (Å²) in [6.45, 7) is 2.01. The highest BCUT2D eigenvalue weighted by Crippen LogP contribution is 2.24. The van der Waals surface area contributed by atoms with Gasteiger partial charge in [0, 0.05) is 11.6 Å². The van der Waals surface area contributed by atoms with Gasteiger partial charge in [-0.05, 0) is 6.92 Å². The van der Waals surface area contributed by atoms with E-state index in [1.54, 1.807) is 17.7 Å². The fraction of sp³-hybridized carbons (Fsp3) is 0.111. The number of aromatic amines is 1. The summed E-state index contributed by atoms with van der Waals surface area (Å²) in [5, 5.41) is 2.03. The third kappa shape index (κ3) is 0.927. The molecular formula is C9H8N4S. The van der Waals surface area contributed by atoms with Gasteiger partial charge in [-0.25, -0.2) is 9.97 Å². The second kappa shape index (κ2) is 2.68. The monoisotopic (exact) mass is 204 g/mol. The molecule has 0 aliphatic heterocycles. The van der Waals surface area contributed by atoms with Crippen LogP contribution in [-0.4, -0.2) is 19.4 Å². The van der Waals surface area contributed by atoms with E-state index in [2.05, 4.69) is 19.4 Å². The average molecular weight is 204 g/mol. The molecule has 0 saturated heterocycles. The molecule has 3 heterocycles. The Bertz CT molecular complexity index is 561. The Labute approximate surface area is 84.3 Å². The van der Waals surface area contributed by atoms with Gasteiger partial charge in [0.15, 0.2) is 4.96 Å². The van der Waals surface area contributed by atoms with Gasteiger partial charge in [0.2, 0.25) is 0 Å². The fourth-order valence-corrected chi connectivity index (χ4v) is 2.36. The van der Waals surface area contributed by atoms with E-state index in [0.717, 1.165) is 22.0 Å². The normalized spacial score (nSPS) is 11.2. The van der Waals surface area contributed by atoms with Crippen molar-refractivity contribution in [1.82, 2.24) is 19.4 Å². The zero-order valence-electron chi connectivity index (χ0n) is 7.56. The molecule has 0 aliphatic carbocycles. The lowest BCUT2D eigenvalue weighted by Crippen LogP contribution is -1.85. The molecule has 0 bridgehead atoms. The smallest absolute Gasteiger partial charge is 0.194 e. The maximum Gasteiger partial charge on any atom is 0.194 e. The van der Waals surface area contributed by atoms with Crippen LogP contribution in [0.25, 0.3) is 16.3 Å². The highest BCUT2D eigenvalue weighted by atomic mass is 32.1. The largest absolute Gasteiger partial charge is 0.343 e. The van der Waals surface area contributed by atoms with Gasteiger partial charge < -0.3 is 4.98 Å². The Hall–Kier alpha value is -1.62. The number of aromatic nitrogens is 4. The highest BCUT2D eigenvalue weighted by Gasteiger charge is 2.11. The summed E-state index contributed by atoms with van der Waals surface area (Å²) in [6, 6.07) is 0. The van der Waals surface area contributed by atoms with Crippen molar-refractivity contribution in [2.45, 2.75) is 6.92 Å². The zero-order valence-corrected chi connectivity index (χ0v) is 8.38. The van der Waals surface area contributed by atoms with Crippen LogP contribution in [0.15, 0.2) is 24.1 Å². The van der Waals surface area contributed by atoms with E-state index in [1.807, 2.05) is 24.7 Å². The number of aryl methyl sites for hydroxylation is 1. The second-order valence-corrected chi connectivity index (χ2v) is 3.94. The summed E-state index contributed by atoms with van der Waals surface area (Å²) in [5.74, 6) is 0. The fourth-order valence-electron chi connectivity index (χ4n) is 1.60. The molecule has 4 nitrogen and oxygen atoms in total. The summed E-state index contributed by atoms with van der Waals surface area (Å²) in [4.78, 5) is 12.6. The van der Waals surface area contributed by atoms with Crippen LogP contribution in [0.5, 0.6) is 0 Å². The van der Waals surface area contributed by atoms with Crippen LogP contribution in [0.2, 0.25) is 0 Å². The summed E-state index contributed by atoms with van der Waals surface area (Å²) in [5.41, 5.74) is 3.13. The molecule has 0 aromatic carbocycles. The van der Waals surface area contributed by atoms with Gasteiger partial charge in [-0.15, -0.1) is 11.3 Å². The number of nitrogens with zero attached hydrogens (tertiary/aromatic N) is 3. The van der Waals surface area contributed by atoms with Crippen LogP contribution >= 0.6 is 11.3 Å². The SMILES string of the molecule is Cc1nc2sccn2c1-c1cnc[nH]1. The van der Waals surface area contributed by atoms with E-state index in [1.165, 1.54) is 0 Å². The molecule has 3 rings (SSSR count). The Balaban J connectivity index is 2.38. The van der Waals surface area contributed by atoms with Gasteiger partial charge in [-0.2, -0.15) is 0 Å². The number of fused-ring (bicyclic) bond motifs is 1. The molecule has 0 fully saturated rings. The predicted molar refractivity (Wildman–Crippen MR) is 55.4 cm³/mol. The first-order valence-corrected chi connectivity index (χ1v) is 5.15. The van der Waals surface area contributed by atoms with Gasteiger partial charge in [0.1, 0.15) is 0 Å². The second-order valence-electron chi connectivity index (χ2n) is 3.07. The lowest BCUT2D eigenvalue weighted by molar-refractivity contribution is 1.20. The topological polar surface area (TPSA) is 46.0 Å². The Morgan fingerprint density at radius 2 is 2.43 bits per heavy atom. The average Bonchev–Trinajstić information content (AvgIpc) is 2.78. The first-order chi connectivity index (χ1) is 6.86. The van der Waals surface area contributed by atoms with Gasteiger partial charge in [-0.3, -0.25) is 4.40 Å². The molecule has 1 N–H and O–H groups in total. The van der Waals surface area contributed by atoms with Gasteiger partial charge in [-0.1, -0.05) is 0 Å². The minimum Gasteiger partial charge on any atom is -0.343 e. The molecule has 0 unspecified atom stereocenters. The van der Waals surface area contributed by atoms with Gasteiger partial charge >= 0.3 is 0 Å². The number of imidazole rings is 2. The molecule has 3 aromatic rings.